The molecule has 100 valence electrons. The largest absolute Gasteiger partial charge is 0.389 e. The van der Waals surface area contributed by atoms with Crippen molar-refractivity contribution in [3.05, 3.63) is 35.9 Å². The molecule has 0 bridgehead atoms. The summed E-state index contributed by atoms with van der Waals surface area (Å²) < 4.78 is 0. The molecule has 0 radical (unpaired) electrons. The highest BCUT2D eigenvalue weighted by molar-refractivity contribution is 5.18. The van der Waals surface area contributed by atoms with Crippen molar-refractivity contribution in [3.8, 4) is 0 Å². The molecule has 1 aliphatic rings. The molecule has 1 aliphatic carbocycles. The fourth-order valence-electron chi connectivity index (χ4n) is 2.58. The van der Waals surface area contributed by atoms with E-state index in [0.717, 1.165) is 5.56 Å². The zero-order valence-corrected chi connectivity index (χ0v) is 10.8. The van der Waals surface area contributed by atoms with Crippen LogP contribution in [-0.2, 0) is 0 Å². The van der Waals surface area contributed by atoms with E-state index in [-0.39, 0.29) is 0 Å². The van der Waals surface area contributed by atoms with Crippen LogP contribution in [0.15, 0.2) is 30.3 Å². The Hall–Kier alpha value is -0.900. The Morgan fingerprint density at radius 2 is 1.72 bits per heavy atom. The Morgan fingerprint density at radius 3 is 2.39 bits per heavy atom. The monoisotopic (exact) mass is 249 g/mol. The van der Waals surface area contributed by atoms with Crippen LogP contribution in [0.2, 0.25) is 0 Å². The number of aliphatic hydroxyl groups is 2. The summed E-state index contributed by atoms with van der Waals surface area (Å²) in [4.78, 5) is 0. The van der Waals surface area contributed by atoms with Gasteiger partial charge in [-0.2, -0.15) is 0 Å². The van der Waals surface area contributed by atoms with Crippen LogP contribution < -0.4 is 5.32 Å². The van der Waals surface area contributed by atoms with Crippen molar-refractivity contribution < 1.29 is 10.2 Å². The summed E-state index contributed by atoms with van der Waals surface area (Å²) >= 11 is 0. The number of hydrogen-bond acceptors (Lipinski definition) is 3. The van der Waals surface area contributed by atoms with E-state index in [1.54, 1.807) is 0 Å². The van der Waals surface area contributed by atoms with Gasteiger partial charge in [0.2, 0.25) is 0 Å². The molecule has 1 aromatic rings. The minimum atomic E-state index is -0.803. The summed E-state index contributed by atoms with van der Waals surface area (Å²) in [5.74, 6) is 0. The Morgan fingerprint density at radius 1 is 1.06 bits per heavy atom. The van der Waals surface area contributed by atoms with Crippen LogP contribution in [0, 0.1) is 0 Å². The van der Waals surface area contributed by atoms with Gasteiger partial charge in [-0.25, -0.2) is 0 Å². The maximum absolute atomic E-state index is 10.0. The van der Waals surface area contributed by atoms with Gasteiger partial charge in [0.15, 0.2) is 0 Å². The number of nitrogens with one attached hydrogen (secondary N) is 1. The van der Waals surface area contributed by atoms with Crippen molar-refractivity contribution in [1.29, 1.82) is 0 Å². The van der Waals surface area contributed by atoms with Gasteiger partial charge in [-0.05, 0) is 18.4 Å². The summed E-state index contributed by atoms with van der Waals surface area (Å²) in [6, 6.07) is 9.85. The highest BCUT2D eigenvalue weighted by Crippen LogP contribution is 2.19. The third-order valence-corrected chi connectivity index (χ3v) is 3.73. The first-order valence-corrected chi connectivity index (χ1v) is 6.92. The van der Waals surface area contributed by atoms with Gasteiger partial charge in [-0.15, -0.1) is 0 Å². The lowest BCUT2D eigenvalue weighted by Gasteiger charge is -2.26. The van der Waals surface area contributed by atoms with Crippen molar-refractivity contribution in [1.82, 2.24) is 5.32 Å². The van der Waals surface area contributed by atoms with Gasteiger partial charge in [0, 0.05) is 12.6 Å². The Bertz CT molecular complexity index is 336. The van der Waals surface area contributed by atoms with E-state index in [4.69, 9.17) is 0 Å². The molecule has 1 saturated carbocycles. The van der Waals surface area contributed by atoms with Crippen molar-refractivity contribution in [2.24, 2.45) is 0 Å². The molecule has 2 rings (SSSR count). The molecular formula is C15H23NO2. The minimum absolute atomic E-state index is 0.459. The molecule has 0 saturated heterocycles. The van der Waals surface area contributed by atoms with Crippen LogP contribution in [0.25, 0.3) is 0 Å². The van der Waals surface area contributed by atoms with Gasteiger partial charge in [0.1, 0.15) is 6.10 Å². The van der Waals surface area contributed by atoms with Gasteiger partial charge in [0.25, 0.3) is 0 Å². The van der Waals surface area contributed by atoms with Crippen molar-refractivity contribution >= 4 is 0 Å². The first-order valence-electron chi connectivity index (χ1n) is 6.92. The molecule has 3 heteroatoms. The summed E-state index contributed by atoms with van der Waals surface area (Å²) in [5.41, 5.74) is 0.774. The third-order valence-electron chi connectivity index (χ3n) is 3.73. The molecule has 0 aliphatic heterocycles. The molecular weight excluding hydrogens is 226 g/mol. The highest BCUT2D eigenvalue weighted by Gasteiger charge is 2.20. The summed E-state index contributed by atoms with van der Waals surface area (Å²) in [6.07, 6.45) is 4.70. The van der Waals surface area contributed by atoms with E-state index in [0.29, 0.717) is 12.6 Å². The van der Waals surface area contributed by atoms with E-state index in [9.17, 15) is 10.2 Å². The van der Waals surface area contributed by atoms with Gasteiger partial charge in [-0.1, -0.05) is 49.6 Å². The topological polar surface area (TPSA) is 52.5 Å². The lowest BCUT2D eigenvalue weighted by molar-refractivity contribution is 0.0168. The number of aliphatic hydroxyl groups excluding tert-OH is 2. The fraction of sp³-hybridized carbons (Fsp3) is 0.600. The van der Waals surface area contributed by atoms with Crippen LogP contribution >= 0.6 is 0 Å². The van der Waals surface area contributed by atoms with E-state index in [1.807, 2.05) is 30.3 Å². The smallest absolute Gasteiger partial charge is 0.106 e. The van der Waals surface area contributed by atoms with Crippen molar-refractivity contribution in [2.45, 2.75) is 50.4 Å². The molecule has 3 N–H and O–H groups in total. The third kappa shape index (κ3) is 3.80. The second-order valence-corrected chi connectivity index (χ2v) is 5.17. The zero-order valence-electron chi connectivity index (χ0n) is 10.8. The zero-order chi connectivity index (χ0) is 12.8. The molecule has 0 amide bonds. The van der Waals surface area contributed by atoms with Gasteiger partial charge < -0.3 is 15.5 Å². The number of hydrogen-bond donors (Lipinski definition) is 3. The maximum Gasteiger partial charge on any atom is 0.106 e. The first-order chi connectivity index (χ1) is 8.77. The quantitative estimate of drug-likeness (QED) is 0.748. The van der Waals surface area contributed by atoms with E-state index in [2.05, 4.69) is 5.32 Å². The van der Waals surface area contributed by atoms with Crippen molar-refractivity contribution in [2.75, 3.05) is 6.54 Å². The van der Waals surface area contributed by atoms with Crippen LogP contribution in [0.3, 0.4) is 0 Å². The molecule has 18 heavy (non-hydrogen) atoms. The lowest BCUT2D eigenvalue weighted by atomic mass is 9.95. The molecule has 0 spiro atoms. The Balaban J connectivity index is 1.78. The average Bonchev–Trinajstić information content (AvgIpc) is 2.46. The lowest BCUT2D eigenvalue weighted by Crippen LogP contribution is -2.39. The highest BCUT2D eigenvalue weighted by atomic mass is 16.3. The molecule has 1 aromatic carbocycles. The SMILES string of the molecule is OC(CNC1CCCCC1)C(O)c1ccccc1. The van der Waals surface area contributed by atoms with Crippen LogP contribution in [0.5, 0.6) is 0 Å². The fourth-order valence-corrected chi connectivity index (χ4v) is 2.58. The van der Waals surface area contributed by atoms with Crippen LogP contribution in [-0.4, -0.2) is 28.9 Å². The standard InChI is InChI=1S/C15H23NO2/c17-14(11-16-13-9-5-2-6-10-13)15(18)12-7-3-1-4-8-12/h1,3-4,7-8,13-18H,2,5-6,9-11H2. The molecule has 0 aromatic heterocycles. The molecule has 3 nitrogen and oxygen atoms in total. The number of benzene rings is 1. The summed E-state index contributed by atoms with van der Waals surface area (Å²) in [7, 11) is 0. The molecule has 0 heterocycles. The second-order valence-electron chi connectivity index (χ2n) is 5.17. The first kappa shape index (κ1) is 13.5. The Labute approximate surface area is 109 Å². The Kier molecular flexibility index (Phi) is 5.17. The summed E-state index contributed by atoms with van der Waals surface area (Å²) in [6.45, 7) is 0.459. The van der Waals surface area contributed by atoms with E-state index >= 15 is 0 Å². The van der Waals surface area contributed by atoms with Crippen molar-refractivity contribution in [3.63, 3.8) is 0 Å². The summed E-state index contributed by atoms with van der Waals surface area (Å²) in [5, 5.41) is 23.4. The predicted octanol–water partition coefficient (Wildman–Crippen LogP) is 2.00. The van der Waals surface area contributed by atoms with Gasteiger partial charge in [0.05, 0.1) is 6.10 Å². The van der Waals surface area contributed by atoms with Crippen LogP contribution in [0.1, 0.15) is 43.8 Å². The maximum atomic E-state index is 10.0. The molecule has 1 fully saturated rings. The van der Waals surface area contributed by atoms with E-state index in [1.165, 1.54) is 32.1 Å². The van der Waals surface area contributed by atoms with Crippen LogP contribution in [0.4, 0.5) is 0 Å². The number of rotatable bonds is 5. The average molecular weight is 249 g/mol. The minimum Gasteiger partial charge on any atom is -0.389 e. The molecule has 2 unspecified atom stereocenters. The molecule has 2 atom stereocenters. The second kappa shape index (κ2) is 6.88. The normalized spacial score (nSPS) is 20.6. The van der Waals surface area contributed by atoms with Gasteiger partial charge in [-0.3, -0.25) is 0 Å². The van der Waals surface area contributed by atoms with Gasteiger partial charge >= 0.3 is 0 Å². The predicted molar refractivity (Wildman–Crippen MR) is 72.3 cm³/mol. The van der Waals surface area contributed by atoms with E-state index < -0.39 is 12.2 Å².